The number of quaternary nitrogens is 1. The Balaban J connectivity index is 2.04. The summed E-state index contributed by atoms with van der Waals surface area (Å²) in [5, 5.41) is 2.12. The van der Waals surface area contributed by atoms with Crippen LogP contribution < -0.4 is 10.1 Å². The van der Waals surface area contributed by atoms with Crippen LogP contribution in [-0.4, -0.2) is 20.2 Å². The van der Waals surface area contributed by atoms with Gasteiger partial charge in [0.15, 0.2) is 0 Å². The van der Waals surface area contributed by atoms with Crippen molar-refractivity contribution in [3.63, 3.8) is 0 Å². The van der Waals surface area contributed by atoms with E-state index in [2.05, 4.69) is 104 Å². The summed E-state index contributed by atoms with van der Waals surface area (Å²) in [7, 11) is 2.05. The van der Waals surface area contributed by atoms with Crippen molar-refractivity contribution in [2.75, 3.05) is 20.2 Å². The van der Waals surface area contributed by atoms with Gasteiger partial charge in [-0.15, -0.1) is 0 Å². The third-order valence-electron chi connectivity index (χ3n) is 4.66. The van der Waals surface area contributed by atoms with E-state index in [1.54, 1.807) is 0 Å². The van der Waals surface area contributed by atoms with Crippen LogP contribution in [0.2, 0.25) is 0 Å². The molecule has 27 heavy (non-hydrogen) atoms. The Labute approximate surface area is 162 Å². The van der Waals surface area contributed by atoms with Gasteiger partial charge in [0.2, 0.25) is 0 Å². The van der Waals surface area contributed by atoms with E-state index in [-0.39, 0.29) is 0 Å². The van der Waals surface area contributed by atoms with Crippen LogP contribution in [0.4, 0.5) is 0 Å². The Hall–Kier alpha value is -2.84. The van der Waals surface area contributed by atoms with Crippen LogP contribution in [0, 0.1) is 0 Å². The molecule has 0 aliphatic rings. The first kappa shape index (κ1) is 18.9. The average Bonchev–Trinajstić information content (AvgIpc) is 2.74. The lowest BCUT2D eigenvalue weighted by Crippen LogP contribution is -2.80. The number of ether oxygens (including phenoxy) is 1. The van der Waals surface area contributed by atoms with Gasteiger partial charge in [-0.05, 0) is 46.4 Å². The van der Waals surface area contributed by atoms with Crippen LogP contribution in [0.1, 0.15) is 30.0 Å². The molecule has 0 fully saturated rings. The average molecular weight is 359 g/mol. The van der Waals surface area contributed by atoms with E-state index in [0.717, 1.165) is 25.3 Å². The van der Waals surface area contributed by atoms with E-state index in [1.165, 1.54) is 27.8 Å². The zero-order valence-corrected chi connectivity index (χ0v) is 16.2. The van der Waals surface area contributed by atoms with Gasteiger partial charge in [-0.2, -0.15) is 0 Å². The molecular formula is C25H28NO+. The Morgan fingerprint density at radius 2 is 1.30 bits per heavy atom. The standard InChI is InChI=1S/C25H27NO/c1-3-24(20-10-6-4-7-11-20)25(21-12-8-5-9-13-21)22-14-16-23(17-15-22)27-19-18-26-2/h4-17,26H,3,18-19H2,1-2H3/p+1/b25-24-. The molecule has 3 aromatic carbocycles. The second-order valence-electron chi connectivity index (χ2n) is 6.51. The number of allylic oxidation sites excluding steroid dienone is 1. The highest BCUT2D eigenvalue weighted by Crippen LogP contribution is 2.34. The highest BCUT2D eigenvalue weighted by molar-refractivity contribution is 5.98. The zero-order chi connectivity index (χ0) is 18.9. The Bertz CT molecular complexity index is 852. The van der Waals surface area contributed by atoms with E-state index in [1.807, 2.05) is 0 Å². The van der Waals surface area contributed by atoms with Gasteiger partial charge in [0.25, 0.3) is 0 Å². The molecule has 0 spiro atoms. The van der Waals surface area contributed by atoms with E-state index in [4.69, 9.17) is 4.74 Å². The molecule has 2 N–H and O–H groups in total. The fourth-order valence-corrected chi connectivity index (χ4v) is 3.30. The van der Waals surface area contributed by atoms with Crippen molar-refractivity contribution in [2.45, 2.75) is 13.3 Å². The summed E-state index contributed by atoms with van der Waals surface area (Å²) < 4.78 is 5.81. The SMILES string of the molecule is CC/C(=C(\c1ccccc1)c1ccc(OCC[NH2+]C)cc1)c1ccccc1. The lowest BCUT2D eigenvalue weighted by Gasteiger charge is -2.16. The molecule has 0 bridgehead atoms. The first-order valence-electron chi connectivity index (χ1n) is 9.68. The van der Waals surface area contributed by atoms with Crippen LogP contribution in [0.3, 0.4) is 0 Å². The van der Waals surface area contributed by atoms with Crippen molar-refractivity contribution in [3.8, 4) is 5.75 Å². The molecule has 2 heteroatoms. The highest BCUT2D eigenvalue weighted by atomic mass is 16.5. The maximum absolute atomic E-state index is 5.81. The van der Waals surface area contributed by atoms with Crippen LogP contribution in [0.25, 0.3) is 11.1 Å². The number of hydrogen-bond donors (Lipinski definition) is 1. The summed E-state index contributed by atoms with van der Waals surface area (Å²) in [6.07, 6.45) is 0.971. The summed E-state index contributed by atoms with van der Waals surface area (Å²) in [6.45, 7) is 3.91. The third kappa shape index (κ3) is 4.87. The number of likely N-dealkylation sites (N-methyl/N-ethyl adjacent to an activating group) is 1. The lowest BCUT2D eigenvalue weighted by molar-refractivity contribution is -0.627. The molecule has 0 unspecified atom stereocenters. The van der Waals surface area contributed by atoms with E-state index in [0.29, 0.717) is 0 Å². The van der Waals surface area contributed by atoms with Gasteiger partial charge in [0.05, 0.1) is 7.05 Å². The van der Waals surface area contributed by atoms with Crippen molar-refractivity contribution in [1.82, 2.24) is 0 Å². The van der Waals surface area contributed by atoms with Gasteiger partial charge >= 0.3 is 0 Å². The minimum atomic E-state index is 0.724. The molecule has 2 nitrogen and oxygen atoms in total. The summed E-state index contributed by atoms with van der Waals surface area (Å²) >= 11 is 0. The summed E-state index contributed by atoms with van der Waals surface area (Å²) in [6, 6.07) is 29.8. The monoisotopic (exact) mass is 358 g/mol. The Morgan fingerprint density at radius 1 is 0.741 bits per heavy atom. The molecule has 0 saturated heterocycles. The zero-order valence-electron chi connectivity index (χ0n) is 16.2. The second-order valence-corrected chi connectivity index (χ2v) is 6.51. The first-order chi connectivity index (χ1) is 13.3. The van der Waals surface area contributed by atoms with Crippen molar-refractivity contribution < 1.29 is 10.1 Å². The largest absolute Gasteiger partial charge is 0.488 e. The minimum absolute atomic E-state index is 0.724. The fourth-order valence-electron chi connectivity index (χ4n) is 3.30. The molecule has 0 aliphatic heterocycles. The van der Waals surface area contributed by atoms with Crippen LogP contribution in [0.15, 0.2) is 84.9 Å². The molecule has 0 atom stereocenters. The highest BCUT2D eigenvalue weighted by Gasteiger charge is 2.12. The van der Waals surface area contributed by atoms with Crippen molar-refractivity contribution in [1.29, 1.82) is 0 Å². The minimum Gasteiger partial charge on any atom is -0.488 e. The molecule has 0 saturated carbocycles. The van der Waals surface area contributed by atoms with Gasteiger partial charge in [-0.1, -0.05) is 79.7 Å². The molecular weight excluding hydrogens is 330 g/mol. The lowest BCUT2D eigenvalue weighted by atomic mass is 9.88. The summed E-state index contributed by atoms with van der Waals surface area (Å²) in [5.41, 5.74) is 6.38. The second kappa shape index (κ2) is 9.75. The third-order valence-corrected chi connectivity index (χ3v) is 4.66. The Kier molecular flexibility index (Phi) is 6.84. The fraction of sp³-hybridized carbons (Fsp3) is 0.200. The maximum atomic E-state index is 5.81. The van der Waals surface area contributed by atoms with E-state index < -0.39 is 0 Å². The normalized spacial score (nSPS) is 11.8. The van der Waals surface area contributed by atoms with Gasteiger partial charge in [-0.3, -0.25) is 0 Å². The molecule has 0 amide bonds. The van der Waals surface area contributed by atoms with E-state index in [9.17, 15) is 0 Å². The number of nitrogens with two attached hydrogens (primary N) is 1. The smallest absolute Gasteiger partial charge is 0.137 e. The van der Waals surface area contributed by atoms with Gasteiger partial charge in [0.1, 0.15) is 18.9 Å². The molecule has 0 radical (unpaired) electrons. The van der Waals surface area contributed by atoms with Gasteiger partial charge < -0.3 is 10.1 Å². The molecule has 3 aromatic rings. The molecule has 0 heterocycles. The number of hydrogen-bond acceptors (Lipinski definition) is 1. The van der Waals surface area contributed by atoms with Crippen LogP contribution in [0.5, 0.6) is 5.75 Å². The van der Waals surface area contributed by atoms with Crippen LogP contribution >= 0.6 is 0 Å². The predicted molar refractivity (Wildman–Crippen MR) is 114 cm³/mol. The topological polar surface area (TPSA) is 25.8 Å². The van der Waals surface area contributed by atoms with E-state index >= 15 is 0 Å². The summed E-state index contributed by atoms with van der Waals surface area (Å²) in [4.78, 5) is 0. The molecule has 0 aliphatic carbocycles. The van der Waals surface area contributed by atoms with Crippen molar-refractivity contribution >= 4 is 11.1 Å². The van der Waals surface area contributed by atoms with Gasteiger partial charge in [-0.25, -0.2) is 0 Å². The predicted octanol–water partition coefficient (Wildman–Crippen LogP) is 4.63. The van der Waals surface area contributed by atoms with Crippen molar-refractivity contribution in [3.05, 3.63) is 102 Å². The molecule has 3 rings (SSSR count). The summed E-state index contributed by atoms with van der Waals surface area (Å²) in [5.74, 6) is 0.922. The Morgan fingerprint density at radius 3 is 1.85 bits per heavy atom. The van der Waals surface area contributed by atoms with Crippen molar-refractivity contribution in [2.24, 2.45) is 0 Å². The maximum Gasteiger partial charge on any atom is 0.137 e. The first-order valence-corrected chi connectivity index (χ1v) is 9.68. The number of rotatable bonds is 8. The van der Waals surface area contributed by atoms with Crippen LogP contribution in [-0.2, 0) is 0 Å². The quantitative estimate of drug-likeness (QED) is 0.461. The molecule has 0 aromatic heterocycles. The molecule has 138 valence electrons. The number of benzene rings is 3. The van der Waals surface area contributed by atoms with Gasteiger partial charge in [0, 0.05) is 0 Å².